The third-order valence-electron chi connectivity index (χ3n) is 4.65. The maximum absolute atomic E-state index is 13.0. The standard InChI is InChI=1S/C25H20FN3O2/c26-22-9-11-23(12-10-22)31-25-28-16-21(17-29-25)19-7-4-8-20(15-19)24(30)27-14-13-18-5-2-1-3-6-18/h1-12,15-17H,13-14H2,(H,27,30). The first-order valence-corrected chi connectivity index (χ1v) is 9.85. The lowest BCUT2D eigenvalue weighted by molar-refractivity contribution is 0.0954. The normalized spacial score (nSPS) is 10.5. The lowest BCUT2D eigenvalue weighted by Gasteiger charge is -2.08. The van der Waals surface area contributed by atoms with E-state index >= 15 is 0 Å². The molecule has 1 aromatic heterocycles. The van der Waals surface area contributed by atoms with Gasteiger partial charge in [-0.2, -0.15) is 0 Å². The Balaban J connectivity index is 1.39. The monoisotopic (exact) mass is 413 g/mol. The van der Waals surface area contributed by atoms with Crippen molar-refractivity contribution in [3.05, 3.63) is 108 Å². The summed E-state index contributed by atoms with van der Waals surface area (Å²) >= 11 is 0. The number of rotatable bonds is 7. The van der Waals surface area contributed by atoms with E-state index in [1.807, 2.05) is 42.5 Å². The van der Waals surface area contributed by atoms with Crippen molar-refractivity contribution in [2.75, 3.05) is 6.54 Å². The predicted molar refractivity (Wildman–Crippen MR) is 116 cm³/mol. The third-order valence-corrected chi connectivity index (χ3v) is 4.65. The van der Waals surface area contributed by atoms with E-state index in [9.17, 15) is 9.18 Å². The van der Waals surface area contributed by atoms with Gasteiger partial charge in [-0.15, -0.1) is 0 Å². The number of carbonyl (C=O) groups excluding carboxylic acids is 1. The summed E-state index contributed by atoms with van der Waals surface area (Å²) in [6.45, 7) is 0.561. The molecule has 0 unspecified atom stereocenters. The highest BCUT2D eigenvalue weighted by Gasteiger charge is 2.08. The number of carbonyl (C=O) groups is 1. The van der Waals surface area contributed by atoms with Crippen molar-refractivity contribution < 1.29 is 13.9 Å². The summed E-state index contributed by atoms with van der Waals surface area (Å²) in [5, 5.41) is 2.95. The number of benzene rings is 3. The summed E-state index contributed by atoms with van der Waals surface area (Å²) in [6.07, 6.45) is 4.02. The molecule has 31 heavy (non-hydrogen) atoms. The summed E-state index contributed by atoms with van der Waals surface area (Å²) in [7, 11) is 0. The van der Waals surface area contributed by atoms with Gasteiger partial charge >= 0.3 is 6.01 Å². The molecule has 6 heteroatoms. The van der Waals surface area contributed by atoms with Gasteiger partial charge in [-0.1, -0.05) is 42.5 Å². The molecule has 154 valence electrons. The molecule has 0 aliphatic rings. The van der Waals surface area contributed by atoms with Crippen molar-refractivity contribution in [2.45, 2.75) is 6.42 Å². The Morgan fingerprint density at radius 1 is 0.871 bits per heavy atom. The molecule has 1 N–H and O–H groups in total. The topological polar surface area (TPSA) is 64.1 Å². The van der Waals surface area contributed by atoms with E-state index in [0.717, 1.165) is 17.5 Å². The van der Waals surface area contributed by atoms with Crippen LogP contribution in [0.5, 0.6) is 11.8 Å². The Kier molecular flexibility index (Phi) is 6.28. The van der Waals surface area contributed by atoms with Gasteiger partial charge in [0.05, 0.1) is 0 Å². The zero-order valence-electron chi connectivity index (χ0n) is 16.7. The molecule has 0 radical (unpaired) electrons. The Morgan fingerprint density at radius 3 is 2.35 bits per heavy atom. The summed E-state index contributed by atoms with van der Waals surface area (Å²) in [4.78, 5) is 20.9. The SMILES string of the molecule is O=C(NCCc1ccccc1)c1cccc(-c2cnc(Oc3ccc(F)cc3)nc2)c1. The van der Waals surface area contributed by atoms with Crippen molar-refractivity contribution in [3.8, 4) is 22.9 Å². The number of nitrogens with zero attached hydrogens (tertiary/aromatic N) is 2. The smallest absolute Gasteiger partial charge is 0.321 e. The van der Waals surface area contributed by atoms with Gasteiger partial charge in [0, 0.05) is 30.1 Å². The van der Waals surface area contributed by atoms with Gasteiger partial charge in [-0.05, 0) is 53.9 Å². The van der Waals surface area contributed by atoms with Gasteiger partial charge in [-0.25, -0.2) is 14.4 Å². The molecule has 3 aromatic carbocycles. The Labute approximate surface area is 179 Å². The van der Waals surface area contributed by atoms with Crippen LogP contribution in [-0.4, -0.2) is 22.4 Å². The second kappa shape index (κ2) is 9.63. The third kappa shape index (κ3) is 5.51. The Hall–Kier alpha value is -4.06. The minimum absolute atomic E-state index is 0.130. The van der Waals surface area contributed by atoms with E-state index in [2.05, 4.69) is 15.3 Å². The summed E-state index contributed by atoms with van der Waals surface area (Å²) < 4.78 is 18.5. The number of halogens is 1. The van der Waals surface area contributed by atoms with Crippen LogP contribution >= 0.6 is 0 Å². The van der Waals surface area contributed by atoms with Crippen LogP contribution < -0.4 is 10.1 Å². The molecule has 0 bridgehead atoms. The minimum atomic E-state index is -0.340. The van der Waals surface area contributed by atoms with Crippen LogP contribution in [0.3, 0.4) is 0 Å². The van der Waals surface area contributed by atoms with E-state index in [-0.39, 0.29) is 17.7 Å². The molecule has 0 aliphatic heterocycles. The molecule has 4 rings (SSSR count). The average Bonchev–Trinajstić information content (AvgIpc) is 2.82. The Bertz CT molecular complexity index is 1150. The summed E-state index contributed by atoms with van der Waals surface area (Å²) in [5.41, 5.74) is 3.32. The summed E-state index contributed by atoms with van der Waals surface area (Å²) in [5.74, 6) is -0.0223. The van der Waals surface area contributed by atoms with Crippen molar-refractivity contribution in [2.24, 2.45) is 0 Å². The van der Waals surface area contributed by atoms with Crippen LogP contribution in [0.4, 0.5) is 4.39 Å². The van der Waals surface area contributed by atoms with Gasteiger partial charge in [0.1, 0.15) is 11.6 Å². The van der Waals surface area contributed by atoms with E-state index in [4.69, 9.17) is 4.74 Å². The van der Waals surface area contributed by atoms with Gasteiger partial charge < -0.3 is 10.1 Å². The lowest BCUT2D eigenvalue weighted by atomic mass is 10.1. The van der Waals surface area contributed by atoms with Crippen molar-refractivity contribution in [1.82, 2.24) is 15.3 Å². The molecule has 0 saturated heterocycles. The molecule has 1 heterocycles. The molecule has 0 atom stereocenters. The maximum atomic E-state index is 13.0. The Morgan fingerprint density at radius 2 is 1.61 bits per heavy atom. The molecular weight excluding hydrogens is 393 g/mol. The second-order valence-corrected chi connectivity index (χ2v) is 6.88. The molecule has 0 spiro atoms. The number of hydrogen-bond donors (Lipinski definition) is 1. The van der Waals surface area contributed by atoms with E-state index in [1.165, 1.54) is 29.8 Å². The van der Waals surface area contributed by atoms with Gasteiger partial charge in [-0.3, -0.25) is 4.79 Å². The van der Waals surface area contributed by atoms with Crippen LogP contribution in [0.15, 0.2) is 91.3 Å². The molecular formula is C25H20FN3O2. The first kappa shape index (κ1) is 20.2. The average molecular weight is 413 g/mol. The number of ether oxygens (including phenoxy) is 1. The molecule has 0 fully saturated rings. The van der Waals surface area contributed by atoms with E-state index in [0.29, 0.717) is 17.9 Å². The lowest BCUT2D eigenvalue weighted by Crippen LogP contribution is -2.25. The molecule has 5 nitrogen and oxygen atoms in total. The van der Waals surface area contributed by atoms with Gasteiger partial charge in [0.15, 0.2) is 0 Å². The quantitative estimate of drug-likeness (QED) is 0.461. The predicted octanol–water partition coefficient (Wildman–Crippen LogP) is 5.05. The molecule has 4 aromatic rings. The van der Waals surface area contributed by atoms with E-state index < -0.39 is 0 Å². The molecule has 1 amide bonds. The van der Waals surface area contributed by atoms with Gasteiger partial charge in [0.25, 0.3) is 5.91 Å². The van der Waals surface area contributed by atoms with Crippen LogP contribution in [0, 0.1) is 5.82 Å². The zero-order chi connectivity index (χ0) is 21.5. The fourth-order valence-electron chi connectivity index (χ4n) is 3.03. The fourth-order valence-corrected chi connectivity index (χ4v) is 3.03. The van der Waals surface area contributed by atoms with Crippen molar-refractivity contribution in [3.63, 3.8) is 0 Å². The zero-order valence-corrected chi connectivity index (χ0v) is 16.7. The van der Waals surface area contributed by atoms with Crippen LogP contribution in [0.2, 0.25) is 0 Å². The number of amides is 1. The fraction of sp³-hybridized carbons (Fsp3) is 0.0800. The number of aromatic nitrogens is 2. The largest absolute Gasteiger partial charge is 0.424 e. The van der Waals surface area contributed by atoms with Crippen LogP contribution in [0.1, 0.15) is 15.9 Å². The van der Waals surface area contributed by atoms with Crippen LogP contribution in [0.25, 0.3) is 11.1 Å². The molecule has 0 saturated carbocycles. The number of hydrogen-bond acceptors (Lipinski definition) is 4. The highest BCUT2D eigenvalue weighted by Crippen LogP contribution is 2.22. The first-order chi connectivity index (χ1) is 15.2. The molecule has 0 aliphatic carbocycles. The second-order valence-electron chi connectivity index (χ2n) is 6.88. The first-order valence-electron chi connectivity index (χ1n) is 9.85. The van der Waals surface area contributed by atoms with E-state index in [1.54, 1.807) is 24.5 Å². The van der Waals surface area contributed by atoms with Crippen LogP contribution in [-0.2, 0) is 6.42 Å². The highest BCUT2D eigenvalue weighted by molar-refractivity contribution is 5.95. The van der Waals surface area contributed by atoms with Crippen molar-refractivity contribution in [1.29, 1.82) is 0 Å². The van der Waals surface area contributed by atoms with Gasteiger partial charge in [0.2, 0.25) is 0 Å². The number of nitrogens with one attached hydrogen (secondary N) is 1. The van der Waals surface area contributed by atoms with Crippen molar-refractivity contribution >= 4 is 5.91 Å². The highest BCUT2D eigenvalue weighted by atomic mass is 19.1. The minimum Gasteiger partial charge on any atom is -0.424 e. The summed E-state index contributed by atoms with van der Waals surface area (Å²) in [6, 6.07) is 23.1. The maximum Gasteiger partial charge on any atom is 0.321 e.